The van der Waals surface area contributed by atoms with Gasteiger partial charge in [-0.15, -0.1) is 0 Å². The van der Waals surface area contributed by atoms with Crippen molar-refractivity contribution in [1.29, 1.82) is 0 Å². The van der Waals surface area contributed by atoms with Gasteiger partial charge in [-0.1, -0.05) is 25.1 Å². The quantitative estimate of drug-likeness (QED) is 0.859. The number of benzene rings is 1. The third-order valence-electron chi connectivity index (χ3n) is 3.08. The fraction of sp³-hybridized carbons (Fsp3) is 0.267. The van der Waals surface area contributed by atoms with Gasteiger partial charge < -0.3 is 5.32 Å². The van der Waals surface area contributed by atoms with Crippen molar-refractivity contribution in [1.82, 2.24) is 10.3 Å². The number of aryl methyl sites for hydroxylation is 1. The Bertz CT molecular complexity index is 714. The van der Waals surface area contributed by atoms with E-state index < -0.39 is 10.0 Å². The number of nitrogens with zero attached hydrogens (tertiary/aromatic N) is 1. The Morgan fingerprint density at radius 1 is 1.14 bits per heavy atom. The van der Waals surface area contributed by atoms with E-state index in [4.69, 9.17) is 0 Å². The van der Waals surface area contributed by atoms with Gasteiger partial charge in [-0.25, -0.2) is 8.42 Å². The average Bonchev–Trinajstić information content (AvgIpc) is 2.47. The van der Waals surface area contributed by atoms with Crippen molar-refractivity contribution in [3.05, 3.63) is 53.9 Å². The molecule has 0 spiro atoms. The molecule has 2 rings (SSSR count). The van der Waals surface area contributed by atoms with E-state index in [-0.39, 0.29) is 4.90 Å². The Balaban J connectivity index is 2.34. The third kappa shape index (κ3) is 3.80. The monoisotopic (exact) mass is 305 g/mol. The molecule has 1 aromatic carbocycles. The summed E-state index contributed by atoms with van der Waals surface area (Å²) in [7, 11) is -3.63. The van der Waals surface area contributed by atoms with Crippen LogP contribution in [0.15, 0.2) is 47.5 Å². The summed E-state index contributed by atoms with van der Waals surface area (Å²) in [6.07, 6.45) is 1.63. The minimum Gasteiger partial charge on any atom is -0.313 e. The van der Waals surface area contributed by atoms with Crippen molar-refractivity contribution < 1.29 is 8.42 Å². The molecule has 1 aromatic heterocycles. The summed E-state index contributed by atoms with van der Waals surface area (Å²) < 4.78 is 27.7. The predicted molar refractivity (Wildman–Crippen MR) is 83.6 cm³/mol. The van der Waals surface area contributed by atoms with E-state index in [9.17, 15) is 8.42 Å². The highest BCUT2D eigenvalue weighted by Crippen LogP contribution is 2.20. The number of anilines is 1. The molecule has 0 unspecified atom stereocenters. The number of nitrogens with one attached hydrogen (secondary N) is 2. The van der Waals surface area contributed by atoms with E-state index >= 15 is 0 Å². The minimum absolute atomic E-state index is 0.286. The van der Waals surface area contributed by atoms with Crippen molar-refractivity contribution in [2.45, 2.75) is 25.3 Å². The van der Waals surface area contributed by atoms with Gasteiger partial charge in [0.1, 0.15) is 0 Å². The summed E-state index contributed by atoms with van der Waals surface area (Å²) in [5, 5.41) is 3.15. The van der Waals surface area contributed by atoms with Crippen LogP contribution in [0.1, 0.15) is 18.2 Å². The van der Waals surface area contributed by atoms with Gasteiger partial charge in [0.25, 0.3) is 10.0 Å². The summed E-state index contributed by atoms with van der Waals surface area (Å²) >= 11 is 0. The lowest BCUT2D eigenvalue weighted by Crippen LogP contribution is -2.19. The molecule has 112 valence electrons. The van der Waals surface area contributed by atoms with Gasteiger partial charge in [0.2, 0.25) is 0 Å². The molecular weight excluding hydrogens is 286 g/mol. The molecule has 1 heterocycles. The largest absolute Gasteiger partial charge is 0.313 e. The zero-order valence-corrected chi connectivity index (χ0v) is 12.9. The molecule has 0 aliphatic heterocycles. The summed E-state index contributed by atoms with van der Waals surface area (Å²) in [6.45, 7) is 5.04. The Labute approximate surface area is 125 Å². The van der Waals surface area contributed by atoms with Crippen LogP contribution in [0.2, 0.25) is 0 Å². The van der Waals surface area contributed by atoms with Crippen molar-refractivity contribution in [3.8, 4) is 0 Å². The first-order valence-electron chi connectivity index (χ1n) is 6.77. The van der Waals surface area contributed by atoms with Crippen LogP contribution in [-0.4, -0.2) is 19.9 Å². The Kier molecular flexibility index (Phi) is 4.93. The van der Waals surface area contributed by atoms with Crippen LogP contribution in [0.3, 0.4) is 0 Å². The zero-order chi connectivity index (χ0) is 15.3. The van der Waals surface area contributed by atoms with Crippen molar-refractivity contribution in [2.24, 2.45) is 0 Å². The highest BCUT2D eigenvalue weighted by atomic mass is 32.2. The van der Waals surface area contributed by atoms with Crippen LogP contribution < -0.4 is 10.0 Å². The lowest BCUT2D eigenvalue weighted by Gasteiger charge is -2.13. The van der Waals surface area contributed by atoms with Crippen LogP contribution in [0.4, 0.5) is 5.69 Å². The van der Waals surface area contributed by atoms with E-state index in [1.807, 2.05) is 19.1 Å². The second-order valence-corrected chi connectivity index (χ2v) is 6.28. The first-order valence-corrected chi connectivity index (χ1v) is 8.26. The van der Waals surface area contributed by atoms with Crippen LogP contribution in [0, 0.1) is 6.92 Å². The number of sulfonamides is 1. The smallest absolute Gasteiger partial charge is 0.262 e. The number of pyridine rings is 1. The fourth-order valence-electron chi connectivity index (χ4n) is 1.96. The molecular formula is C15H19N3O2S. The molecule has 0 radical (unpaired) electrons. The zero-order valence-electron chi connectivity index (χ0n) is 12.1. The molecule has 2 N–H and O–H groups in total. The van der Waals surface area contributed by atoms with Crippen molar-refractivity contribution in [2.75, 3.05) is 11.3 Å². The van der Waals surface area contributed by atoms with Gasteiger partial charge in [-0.3, -0.25) is 9.71 Å². The van der Waals surface area contributed by atoms with Gasteiger partial charge in [-0.05, 0) is 37.2 Å². The van der Waals surface area contributed by atoms with Gasteiger partial charge in [0, 0.05) is 12.7 Å². The first kappa shape index (κ1) is 15.5. The van der Waals surface area contributed by atoms with Crippen LogP contribution in [0.5, 0.6) is 0 Å². The maximum Gasteiger partial charge on any atom is 0.262 e. The van der Waals surface area contributed by atoms with Gasteiger partial charge in [0.15, 0.2) is 0 Å². The van der Waals surface area contributed by atoms with Crippen molar-refractivity contribution >= 4 is 15.7 Å². The molecule has 0 fully saturated rings. The van der Waals surface area contributed by atoms with Gasteiger partial charge in [-0.2, -0.15) is 0 Å². The third-order valence-corrected chi connectivity index (χ3v) is 4.54. The molecule has 2 aromatic rings. The van der Waals surface area contributed by atoms with Gasteiger partial charge >= 0.3 is 0 Å². The highest BCUT2D eigenvalue weighted by Gasteiger charge is 2.18. The van der Waals surface area contributed by atoms with Gasteiger partial charge in [0.05, 0.1) is 16.3 Å². The summed E-state index contributed by atoms with van der Waals surface area (Å²) in [5.41, 5.74) is 1.88. The van der Waals surface area contributed by atoms with E-state index in [1.54, 1.807) is 37.4 Å². The molecule has 0 saturated heterocycles. The number of aromatic nitrogens is 1. The lowest BCUT2D eigenvalue weighted by atomic mass is 10.2. The van der Waals surface area contributed by atoms with E-state index in [2.05, 4.69) is 15.0 Å². The second kappa shape index (κ2) is 6.69. The highest BCUT2D eigenvalue weighted by molar-refractivity contribution is 7.92. The molecule has 0 atom stereocenters. The maximum absolute atomic E-state index is 12.6. The topological polar surface area (TPSA) is 71.1 Å². The molecule has 0 aliphatic rings. The fourth-order valence-corrected chi connectivity index (χ4v) is 3.32. The Morgan fingerprint density at radius 2 is 1.90 bits per heavy atom. The summed E-state index contributed by atoms with van der Waals surface area (Å²) in [5.74, 6) is 0. The molecule has 0 bridgehead atoms. The minimum atomic E-state index is -3.63. The number of hydrogen-bond acceptors (Lipinski definition) is 4. The SMILES string of the molecule is CCNCc1ccccc1S(=O)(=O)Nc1cccnc1C. The molecule has 0 amide bonds. The molecule has 5 nitrogen and oxygen atoms in total. The number of rotatable bonds is 6. The average molecular weight is 305 g/mol. The van der Waals surface area contributed by atoms with E-state index in [0.717, 1.165) is 12.1 Å². The van der Waals surface area contributed by atoms with E-state index in [1.165, 1.54) is 0 Å². The van der Waals surface area contributed by atoms with Crippen LogP contribution >= 0.6 is 0 Å². The second-order valence-electron chi connectivity index (χ2n) is 4.63. The Morgan fingerprint density at radius 3 is 2.62 bits per heavy atom. The summed E-state index contributed by atoms with van der Waals surface area (Å²) in [6, 6.07) is 10.4. The van der Waals surface area contributed by atoms with Crippen LogP contribution in [-0.2, 0) is 16.6 Å². The normalized spacial score (nSPS) is 11.3. The van der Waals surface area contributed by atoms with Crippen molar-refractivity contribution in [3.63, 3.8) is 0 Å². The van der Waals surface area contributed by atoms with E-state index in [0.29, 0.717) is 17.9 Å². The first-order chi connectivity index (χ1) is 10.0. The molecule has 21 heavy (non-hydrogen) atoms. The predicted octanol–water partition coefficient (Wildman–Crippen LogP) is 2.30. The maximum atomic E-state index is 12.6. The van der Waals surface area contributed by atoms with Crippen LogP contribution in [0.25, 0.3) is 0 Å². The standard InChI is InChI=1S/C15H19N3O2S/c1-3-16-11-13-7-4-5-9-15(13)21(19,20)18-14-8-6-10-17-12(14)2/h4-10,16,18H,3,11H2,1-2H3. The lowest BCUT2D eigenvalue weighted by molar-refractivity contribution is 0.598. The molecule has 0 saturated carbocycles. The Hall–Kier alpha value is -1.92. The summed E-state index contributed by atoms with van der Waals surface area (Å²) in [4.78, 5) is 4.38. The molecule has 6 heteroatoms. The number of hydrogen-bond donors (Lipinski definition) is 2. The molecule has 0 aliphatic carbocycles.